The van der Waals surface area contributed by atoms with Gasteiger partial charge in [0.1, 0.15) is 0 Å². The van der Waals surface area contributed by atoms with Crippen LogP contribution in [0.4, 0.5) is 5.69 Å². The molecule has 0 bridgehead atoms. The molecule has 0 aliphatic rings. The Balaban J connectivity index is 1.50. The van der Waals surface area contributed by atoms with E-state index in [0.29, 0.717) is 22.9 Å². The zero-order valence-corrected chi connectivity index (χ0v) is 18.1. The SMILES string of the molecule is Cc1cccc(S(=O)(=O)Nc2cccc(-c3ccc4nnc(-c5cccs5)n4n3)c2)c1. The van der Waals surface area contributed by atoms with Gasteiger partial charge in [-0.05, 0) is 60.3 Å². The molecule has 154 valence electrons. The average molecular weight is 448 g/mol. The van der Waals surface area contributed by atoms with Crippen LogP contribution in [0.5, 0.6) is 0 Å². The number of fused-ring (bicyclic) bond motifs is 1. The normalized spacial score (nSPS) is 11.6. The Morgan fingerprint density at radius 1 is 0.935 bits per heavy atom. The summed E-state index contributed by atoms with van der Waals surface area (Å²) < 4.78 is 29.9. The van der Waals surface area contributed by atoms with Crippen LogP contribution < -0.4 is 4.72 Å². The van der Waals surface area contributed by atoms with E-state index in [2.05, 4.69) is 20.0 Å². The van der Waals surface area contributed by atoms with Crippen LogP contribution in [0, 0.1) is 6.92 Å². The minimum Gasteiger partial charge on any atom is -0.280 e. The van der Waals surface area contributed by atoms with Crippen molar-refractivity contribution in [2.75, 3.05) is 4.72 Å². The van der Waals surface area contributed by atoms with E-state index in [-0.39, 0.29) is 4.90 Å². The van der Waals surface area contributed by atoms with E-state index in [9.17, 15) is 8.42 Å². The summed E-state index contributed by atoms with van der Waals surface area (Å²) in [4.78, 5) is 1.19. The van der Waals surface area contributed by atoms with Crippen molar-refractivity contribution in [2.45, 2.75) is 11.8 Å². The van der Waals surface area contributed by atoms with Gasteiger partial charge in [-0.25, -0.2) is 8.42 Å². The fourth-order valence-corrected chi connectivity index (χ4v) is 5.09. The second-order valence-electron chi connectivity index (χ2n) is 6.99. The molecule has 1 N–H and O–H groups in total. The third kappa shape index (κ3) is 3.80. The standard InChI is InChI=1S/C22H17N5O2S2/c1-15-5-2-8-18(13-15)31(28,29)26-17-7-3-6-16(14-17)19-10-11-21-23-24-22(27(21)25-19)20-9-4-12-30-20/h2-14,26H,1H3. The number of rotatable bonds is 5. The first kappa shape index (κ1) is 19.4. The van der Waals surface area contributed by atoms with Crippen LogP contribution >= 0.6 is 11.3 Å². The lowest BCUT2D eigenvalue weighted by Crippen LogP contribution is -2.13. The van der Waals surface area contributed by atoms with Gasteiger partial charge in [0.05, 0.1) is 15.5 Å². The highest BCUT2D eigenvalue weighted by Crippen LogP contribution is 2.26. The Bertz CT molecular complexity index is 1490. The number of sulfonamides is 1. The minimum atomic E-state index is -3.69. The number of aromatic nitrogens is 4. The maximum Gasteiger partial charge on any atom is 0.261 e. The second kappa shape index (κ2) is 7.60. The van der Waals surface area contributed by atoms with Gasteiger partial charge in [-0.3, -0.25) is 4.72 Å². The highest BCUT2D eigenvalue weighted by Gasteiger charge is 2.15. The zero-order valence-electron chi connectivity index (χ0n) is 16.4. The highest BCUT2D eigenvalue weighted by atomic mass is 32.2. The van der Waals surface area contributed by atoms with Crippen LogP contribution in [-0.4, -0.2) is 28.2 Å². The number of nitrogens with one attached hydrogen (secondary N) is 1. The number of hydrogen-bond acceptors (Lipinski definition) is 6. The summed E-state index contributed by atoms with van der Waals surface area (Å²) in [6.45, 7) is 1.86. The van der Waals surface area contributed by atoms with Crippen LogP contribution in [-0.2, 0) is 10.0 Å². The molecule has 0 saturated heterocycles. The third-order valence-electron chi connectivity index (χ3n) is 4.71. The molecule has 0 saturated carbocycles. The number of anilines is 1. The van der Waals surface area contributed by atoms with Gasteiger partial charge in [0, 0.05) is 11.3 Å². The molecule has 0 fully saturated rings. The smallest absolute Gasteiger partial charge is 0.261 e. The third-order valence-corrected chi connectivity index (χ3v) is 6.96. The van der Waals surface area contributed by atoms with Crippen molar-refractivity contribution in [2.24, 2.45) is 0 Å². The van der Waals surface area contributed by atoms with Crippen molar-refractivity contribution < 1.29 is 8.42 Å². The molecule has 0 radical (unpaired) electrons. The molecular formula is C22H17N5O2S2. The molecule has 0 aliphatic carbocycles. The van der Waals surface area contributed by atoms with Gasteiger partial charge in [0.25, 0.3) is 10.0 Å². The van der Waals surface area contributed by atoms with E-state index in [0.717, 1.165) is 16.0 Å². The Hall–Kier alpha value is -3.56. The van der Waals surface area contributed by atoms with E-state index < -0.39 is 10.0 Å². The van der Waals surface area contributed by atoms with E-state index in [1.165, 1.54) is 0 Å². The minimum absolute atomic E-state index is 0.225. The predicted octanol–water partition coefficient (Wildman–Crippen LogP) is 4.63. The molecule has 0 unspecified atom stereocenters. The number of aryl methyl sites for hydroxylation is 1. The maximum absolute atomic E-state index is 12.8. The molecule has 2 aromatic carbocycles. The first-order valence-electron chi connectivity index (χ1n) is 9.46. The van der Waals surface area contributed by atoms with Crippen LogP contribution in [0.1, 0.15) is 5.56 Å². The van der Waals surface area contributed by atoms with Crippen molar-refractivity contribution >= 4 is 32.7 Å². The van der Waals surface area contributed by atoms with Crippen molar-refractivity contribution in [3.8, 4) is 22.0 Å². The van der Waals surface area contributed by atoms with Crippen LogP contribution in [0.15, 0.2) is 83.1 Å². The summed E-state index contributed by atoms with van der Waals surface area (Å²) in [5, 5.41) is 15.1. The van der Waals surface area contributed by atoms with Gasteiger partial charge in [-0.15, -0.1) is 21.5 Å². The molecule has 0 aliphatic heterocycles. The molecule has 9 heteroatoms. The quantitative estimate of drug-likeness (QED) is 0.424. The van der Waals surface area contributed by atoms with Gasteiger partial charge < -0.3 is 0 Å². The van der Waals surface area contributed by atoms with Crippen molar-refractivity contribution in [1.29, 1.82) is 0 Å². The monoisotopic (exact) mass is 447 g/mol. The second-order valence-corrected chi connectivity index (χ2v) is 9.62. The molecular weight excluding hydrogens is 430 g/mol. The van der Waals surface area contributed by atoms with E-state index >= 15 is 0 Å². The summed E-state index contributed by atoms with van der Waals surface area (Å²) in [6, 6.07) is 21.6. The molecule has 0 amide bonds. The van der Waals surface area contributed by atoms with Crippen LogP contribution in [0.25, 0.3) is 27.6 Å². The van der Waals surface area contributed by atoms with Gasteiger partial charge in [0.2, 0.25) is 0 Å². The van der Waals surface area contributed by atoms with Gasteiger partial charge >= 0.3 is 0 Å². The predicted molar refractivity (Wildman–Crippen MR) is 122 cm³/mol. The Morgan fingerprint density at radius 2 is 1.81 bits per heavy atom. The number of thiophene rings is 1. The first-order valence-corrected chi connectivity index (χ1v) is 11.8. The molecule has 0 spiro atoms. The topological polar surface area (TPSA) is 89.2 Å². The molecule has 3 heterocycles. The van der Waals surface area contributed by atoms with Crippen molar-refractivity contribution in [3.05, 3.63) is 83.7 Å². The largest absolute Gasteiger partial charge is 0.280 e. The first-order chi connectivity index (χ1) is 15.0. The van der Waals surface area contributed by atoms with E-state index in [1.54, 1.807) is 52.3 Å². The van der Waals surface area contributed by atoms with Crippen molar-refractivity contribution in [3.63, 3.8) is 0 Å². The van der Waals surface area contributed by atoms with E-state index in [4.69, 9.17) is 0 Å². The Morgan fingerprint density at radius 3 is 2.61 bits per heavy atom. The van der Waals surface area contributed by atoms with Gasteiger partial charge in [0.15, 0.2) is 11.5 Å². The summed E-state index contributed by atoms with van der Waals surface area (Å²) >= 11 is 1.56. The molecule has 5 rings (SSSR count). The summed E-state index contributed by atoms with van der Waals surface area (Å²) in [5.74, 6) is 0.670. The lowest BCUT2D eigenvalue weighted by molar-refractivity contribution is 0.601. The zero-order chi connectivity index (χ0) is 21.4. The summed E-state index contributed by atoms with van der Waals surface area (Å²) in [7, 11) is -3.69. The fourth-order valence-electron chi connectivity index (χ4n) is 3.24. The van der Waals surface area contributed by atoms with Gasteiger partial charge in [-0.2, -0.15) is 9.61 Å². The Kier molecular flexibility index (Phi) is 4.76. The molecule has 5 aromatic rings. The fraction of sp³-hybridized carbons (Fsp3) is 0.0455. The lowest BCUT2D eigenvalue weighted by Gasteiger charge is -2.10. The Labute approximate surface area is 183 Å². The highest BCUT2D eigenvalue weighted by molar-refractivity contribution is 7.92. The van der Waals surface area contributed by atoms with E-state index in [1.807, 2.05) is 48.7 Å². The molecule has 0 atom stereocenters. The van der Waals surface area contributed by atoms with Crippen LogP contribution in [0.2, 0.25) is 0 Å². The number of nitrogens with zero attached hydrogens (tertiary/aromatic N) is 4. The number of benzene rings is 2. The maximum atomic E-state index is 12.8. The summed E-state index contributed by atoms with van der Waals surface area (Å²) in [5.41, 5.74) is 3.44. The molecule has 7 nitrogen and oxygen atoms in total. The molecule has 31 heavy (non-hydrogen) atoms. The van der Waals surface area contributed by atoms with Crippen molar-refractivity contribution in [1.82, 2.24) is 19.8 Å². The van der Waals surface area contributed by atoms with Crippen LogP contribution in [0.3, 0.4) is 0 Å². The number of hydrogen-bond donors (Lipinski definition) is 1. The molecule has 3 aromatic heterocycles. The average Bonchev–Trinajstić information content (AvgIpc) is 3.43. The van der Waals surface area contributed by atoms with Gasteiger partial charge in [-0.1, -0.05) is 30.3 Å². The summed E-state index contributed by atoms with van der Waals surface area (Å²) in [6.07, 6.45) is 0. The lowest BCUT2D eigenvalue weighted by atomic mass is 10.1.